The first-order valence-corrected chi connectivity index (χ1v) is 8.11. The molecule has 2 aromatic heterocycles. The molecule has 1 aliphatic rings. The number of rotatable bonds is 4. The molecule has 1 amide bonds. The number of H-pyrrole nitrogens is 1. The third-order valence-electron chi connectivity index (χ3n) is 3.64. The fourth-order valence-electron chi connectivity index (χ4n) is 2.47. The molecule has 0 atom stereocenters. The van der Waals surface area contributed by atoms with Crippen LogP contribution in [0.2, 0.25) is 0 Å². The first-order valence-electron chi connectivity index (χ1n) is 7.30. The van der Waals surface area contributed by atoms with Crippen LogP contribution in [0.25, 0.3) is 0 Å². The largest absolute Gasteiger partial charge is 0.465 e. The topological polar surface area (TPSA) is 109 Å². The average Bonchev–Trinajstić information content (AvgIpc) is 3.17. The van der Waals surface area contributed by atoms with Crippen molar-refractivity contribution >= 4 is 28.3 Å². The third kappa shape index (κ3) is 2.97. The normalized spacial score (nSPS) is 13.5. The predicted octanol–water partition coefficient (Wildman–Crippen LogP) is 1.11. The number of nitrogens with zero attached hydrogens (tertiary/aromatic N) is 2. The van der Waals surface area contributed by atoms with E-state index in [0.29, 0.717) is 34.4 Å². The Morgan fingerprint density at radius 1 is 1.43 bits per heavy atom. The van der Waals surface area contributed by atoms with Crippen LogP contribution in [0.4, 0.5) is 5.13 Å². The minimum absolute atomic E-state index is 0.334. The zero-order valence-electron chi connectivity index (χ0n) is 12.9. The summed E-state index contributed by atoms with van der Waals surface area (Å²) in [4.78, 5) is 28.9. The highest BCUT2D eigenvalue weighted by atomic mass is 32.1. The molecule has 3 N–H and O–H groups in total. The second-order valence-electron chi connectivity index (χ2n) is 5.05. The number of carbonyl (C=O) groups is 2. The number of methoxy groups -OCH3 is 1. The number of fused-ring (bicyclic) bond motifs is 1. The molecule has 0 bridgehead atoms. The Morgan fingerprint density at radius 2 is 2.26 bits per heavy atom. The van der Waals surface area contributed by atoms with Crippen molar-refractivity contribution in [3.63, 3.8) is 0 Å². The van der Waals surface area contributed by atoms with E-state index in [1.807, 2.05) is 6.92 Å². The Morgan fingerprint density at radius 3 is 3.00 bits per heavy atom. The van der Waals surface area contributed by atoms with Crippen molar-refractivity contribution in [1.29, 1.82) is 0 Å². The number of aromatic nitrogens is 3. The van der Waals surface area contributed by atoms with Crippen molar-refractivity contribution in [2.24, 2.45) is 0 Å². The van der Waals surface area contributed by atoms with E-state index in [1.165, 1.54) is 7.11 Å². The molecule has 0 fully saturated rings. The lowest BCUT2D eigenvalue weighted by atomic mass is 10.1. The molecule has 0 saturated heterocycles. The molecule has 1 aliphatic heterocycles. The fourth-order valence-corrected chi connectivity index (χ4v) is 3.43. The van der Waals surface area contributed by atoms with Crippen molar-refractivity contribution < 1.29 is 14.3 Å². The molecule has 0 radical (unpaired) electrons. The van der Waals surface area contributed by atoms with Gasteiger partial charge in [0.2, 0.25) is 0 Å². The second-order valence-corrected chi connectivity index (χ2v) is 6.05. The fraction of sp³-hybridized carbons (Fsp3) is 0.429. The van der Waals surface area contributed by atoms with Gasteiger partial charge in [0.15, 0.2) is 10.8 Å². The van der Waals surface area contributed by atoms with Gasteiger partial charge in [-0.05, 0) is 6.42 Å². The van der Waals surface area contributed by atoms with Gasteiger partial charge in [-0.1, -0.05) is 18.3 Å². The minimum atomic E-state index is -0.443. The molecule has 9 heteroatoms. The molecule has 122 valence electrons. The van der Waals surface area contributed by atoms with Crippen molar-refractivity contribution in [3.8, 4) is 0 Å². The van der Waals surface area contributed by atoms with Crippen LogP contribution in [-0.2, 0) is 24.1 Å². The quantitative estimate of drug-likeness (QED) is 0.722. The molecule has 0 aliphatic carbocycles. The summed E-state index contributed by atoms with van der Waals surface area (Å²) in [6, 6.07) is 0. The maximum atomic E-state index is 12.4. The van der Waals surface area contributed by atoms with E-state index < -0.39 is 5.97 Å². The van der Waals surface area contributed by atoms with Crippen molar-refractivity contribution in [2.45, 2.75) is 26.3 Å². The maximum absolute atomic E-state index is 12.4. The highest BCUT2D eigenvalue weighted by Gasteiger charge is 2.24. The van der Waals surface area contributed by atoms with E-state index in [2.05, 4.69) is 25.8 Å². The zero-order valence-corrected chi connectivity index (χ0v) is 13.7. The number of hydrogen-bond donors (Lipinski definition) is 3. The Bertz CT molecular complexity index is 752. The average molecular weight is 335 g/mol. The van der Waals surface area contributed by atoms with Crippen LogP contribution >= 0.6 is 11.3 Å². The van der Waals surface area contributed by atoms with Gasteiger partial charge < -0.3 is 10.1 Å². The molecule has 0 spiro atoms. The van der Waals surface area contributed by atoms with Crippen LogP contribution in [0.1, 0.15) is 44.0 Å². The molecule has 0 saturated carbocycles. The Hall–Kier alpha value is -2.26. The van der Waals surface area contributed by atoms with E-state index >= 15 is 0 Å². The summed E-state index contributed by atoms with van der Waals surface area (Å²) < 4.78 is 4.74. The Kier molecular flexibility index (Phi) is 4.39. The summed E-state index contributed by atoms with van der Waals surface area (Å²) in [5.41, 5.74) is 2.84. The van der Waals surface area contributed by atoms with Crippen LogP contribution in [0.5, 0.6) is 0 Å². The summed E-state index contributed by atoms with van der Waals surface area (Å²) >= 11 is 1.11. The van der Waals surface area contributed by atoms with Gasteiger partial charge >= 0.3 is 5.97 Å². The minimum Gasteiger partial charge on any atom is -0.465 e. The summed E-state index contributed by atoms with van der Waals surface area (Å²) in [6.45, 7) is 3.37. The molecule has 2 aromatic rings. The van der Waals surface area contributed by atoms with Gasteiger partial charge in [0, 0.05) is 30.8 Å². The molecule has 8 nitrogen and oxygen atoms in total. The lowest BCUT2D eigenvalue weighted by Gasteiger charge is -2.12. The summed E-state index contributed by atoms with van der Waals surface area (Å²) in [5.74, 6) is -0.778. The number of amides is 1. The number of ether oxygens (including phenoxy) is 1. The zero-order chi connectivity index (χ0) is 16.4. The van der Waals surface area contributed by atoms with E-state index in [9.17, 15) is 9.59 Å². The number of hydrogen-bond acceptors (Lipinski definition) is 7. The molecular weight excluding hydrogens is 318 g/mol. The van der Waals surface area contributed by atoms with Gasteiger partial charge in [0.25, 0.3) is 5.91 Å². The molecule has 3 heterocycles. The molecule has 0 aromatic carbocycles. The van der Waals surface area contributed by atoms with E-state index in [4.69, 9.17) is 4.74 Å². The van der Waals surface area contributed by atoms with E-state index in [0.717, 1.165) is 35.6 Å². The lowest BCUT2D eigenvalue weighted by molar-refractivity contribution is 0.0604. The number of carbonyl (C=O) groups excluding carboxylic acids is 2. The van der Waals surface area contributed by atoms with Crippen molar-refractivity contribution in [2.75, 3.05) is 19.0 Å². The number of anilines is 1. The molecule has 23 heavy (non-hydrogen) atoms. The van der Waals surface area contributed by atoms with Gasteiger partial charge in [-0.25, -0.2) is 9.78 Å². The van der Waals surface area contributed by atoms with E-state index in [1.54, 1.807) is 0 Å². The highest BCUT2D eigenvalue weighted by Crippen LogP contribution is 2.25. The first-order chi connectivity index (χ1) is 11.1. The maximum Gasteiger partial charge on any atom is 0.350 e. The van der Waals surface area contributed by atoms with Crippen LogP contribution < -0.4 is 10.6 Å². The van der Waals surface area contributed by atoms with Crippen LogP contribution in [0, 0.1) is 0 Å². The van der Waals surface area contributed by atoms with Gasteiger partial charge in [0.05, 0.1) is 12.8 Å². The number of esters is 1. The van der Waals surface area contributed by atoms with Crippen molar-refractivity contribution in [3.05, 3.63) is 27.5 Å². The number of nitrogens with one attached hydrogen (secondary N) is 3. The van der Waals surface area contributed by atoms with Crippen LogP contribution in [0.3, 0.4) is 0 Å². The van der Waals surface area contributed by atoms with Gasteiger partial charge in [0.1, 0.15) is 4.88 Å². The standard InChI is InChI=1S/C14H17N5O3S/c1-3-8-11(13(21)22-2)23-14(16-8)17-12(20)10-7-6-15-5-4-9(7)18-19-10/h15H,3-6H2,1-2H3,(H,18,19)(H,16,17,20). The molecule has 3 rings (SSSR count). The van der Waals surface area contributed by atoms with Gasteiger partial charge in [-0.3, -0.25) is 15.2 Å². The highest BCUT2D eigenvalue weighted by molar-refractivity contribution is 7.17. The van der Waals surface area contributed by atoms with Gasteiger partial charge in [-0.15, -0.1) is 0 Å². The SMILES string of the molecule is CCc1nc(NC(=O)c2n[nH]c3c2CNCC3)sc1C(=O)OC. The van der Waals surface area contributed by atoms with Gasteiger partial charge in [-0.2, -0.15) is 5.10 Å². The molecule has 0 unspecified atom stereocenters. The first kappa shape index (κ1) is 15.6. The number of aromatic amines is 1. The van der Waals surface area contributed by atoms with Crippen LogP contribution in [-0.4, -0.2) is 40.7 Å². The third-order valence-corrected chi connectivity index (χ3v) is 4.64. The Balaban J connectivity index is 1.82. The van der Waals surface area contributed by atoms with Crippen molar-refractivity contribution in [1.82, 2.24) is 20.5 Å². The van der Waals surface area contributed by atoms with Crippen LogP contribution in [0.15, 0.2) is 0 Å². The smallest absolute Gasteiger partial charge is 0.350 e. The predicted molar refractivity (Wildman–Crippen MR) is 84.8 cm³/mol. The number of thiazole rings is 1. The summed E-state index contributed by atoms with van der Waals surface area (Å²) in [7, 11) is 1.32. The monoisotopic (exact) mass is 335 g/mol. The van der Waals surface area contributed by atoms with E-state index in [-0.39, 0.29) is 5.91 Å². The summed E-state index contributed by atoms with van der Waals surface area (Å²) in [5, 5.41) is 13.3. The second kappa shape index (κ2) is 6.47. The lowest BCUT2D eigenvalue weighted by Crippen LogP contribution is -2.25. The number of aryl methyl sites for hydroxylation is 1. The summed E-state index contributed by atoms with van der Waals surface area (Å²) in [6.07, 6.45) is 1.40. The molecular formula is C14H17N5O3S. The Labute approximate surface area is 136 Å².